The van der Waals surface area contributed by atoms with Gasteiger partial charge in [0.15, 0.2) is 11.5 Å². The van der Waals surface area contributed by atoms with Crippen molar-refractivity contribution in [2.75, 3.05) is 54.1 Å². The Morgan fingerprint density at radius 3 is 2.65 bits per heavy atom. The maximum Gasteiger partial charge on any atom is 0.307 e. The molecular weight excluding hydrogens is 474 g/mol. The van der Waals surface area contributed by atoms with Gasteiger partial charge in [0.05, 0.1) is 26.7 Å². The summed E-state index contributed by atoms with van der Waals surface area (Å²) < 4.78 is 17.5. The summed E-state index contributed by atoms with van der Waals surface area (Å²) in [4.78, 5) is 28.1. The number of aliphatic carboxylic acids is 1. The number of benzene rings is 2. The highest BCUT2D eigenvalue weighted by atomic mass is 16.5. The van der Waals surface area contributed by atoms with Gasteiger partial charge < -0.3 is 29.5 Å². The van der Waals surface area contributed by atoms with Crippen LogP contribution in [0.1, 0.15) is 36.0 Å². The third-order valence-electron chi connectivity index (χ3n) is 6.07. The number of hydrogen-bond acceptors (Lipinski definition) is 7. The first-order valence-electron chi connectivity index (χ1n) is 12.7. The highest BCUT2D eigenvalue weighted by Gasteiger charge is 2.18. The number of nitrogens with zero attached hydrogens (tertiary/aromatic N) is 2. The molecule has 0 bridgehead atoms. The summed E-state index contributed by atoms with van der Waals surface area (Å²) in [5.74, 6) is 1.11. The van der Waals surface area contributed by atoms with E-state index in [2.05, 4.69) is 5.32 Å². The second kappa shape index (κ2) is 14.4. The molecule has 2 N–H and O–H groups in total. The summed E-state index contributed by atoms with van der Waals surface area (Å²) in [6.07, 6.45) is 2.67. The molecule has 9 nitrogen and oxygen atoms in total. The minimum absolute atomic E-state index is 0.0426. The molecule has 0 atom stereocenters. The Morgan fingerprint density at radius 1 is 1.08 bits per heavy atom. The fraction of sp³-hybridized carbons (Fsp3) is 0.500. The molecular formula is C28H39N3O6. The van der Waals surface area contributed by atoms with Gasteiger partial charge in [0.2, 0.25) is 5.91 Å². The van der Waals surface area contributed by atoms with Gasteiger partial charge in [-0.1, -0.05) is 18.2 Å². The zero-order valence-corrected chi connectivity index (χ0v) is 22.1. The fourth-order valence-corrected chi connectivity index (χ4v) is 4.19. The van der Waals surface area contributed by atoms with E-state index in [1.54, 1.807) is 13.2 Å². The van der Waals surface area contributed by atoms with Crippen LogP contribution >= 0.6 is 0 Å². The zero-order chi connectivity index (χ0) is 26.6. The van der Waals surface area contributed by atoms with Gasteiger partial charge in [-0.15, -0.1) is 0 Å². The van der Waals surface area contributed by atoms with Crippen molar-refractivity contribution in [1.82, 2.24) is 15.1 Å². The molecule has 37 heavy (non-hydrogen) atoms. The van der Waals surface area contributed by atoms with Gasteiger partial charge in [0.25, 0.3) is 0 Å². The highest BCUT2D eigenvalue weighted by molar-refractivity contribution is 5.78. The second-order valence-corrected chi connectivity index (χ2v) is 9.55. The Kier molecular flexibility index (Phi) is 11.0. The first kappa shape index (κ1) is 28.3. The van der Waals surface area contributed by atoms with Crippen LogP contribution < -0.4 is 19.5 Å². The van der Waals surface area contributed by atoms with E-state index in [0.717, 1.165) is 42.7 Å². The highest BCUT2D eigenvalue weighted by Crippen LogP contribution is 2.29. The molecule has 0 aromatic heterocycles. The predicted octanol–water partition coefficient (Wildman–Crippen LogP) is 2.94. The van der Waals surface area contributed by atoms with Gasteiger partial charge in [-0.05, 0) is 62.7 Å². The van der Waals surface area contributed by atoms with E-state index in [4.69, 9.17) is 14.2 Å². The standard InChI is InChI=1S/C28H39N3O6/c1-30(2)12-14-37-25-10-8-22(16-26(25)35-3)18-31-19-23-15-21(17-28(33)34)7-9-24(23)36-13-6-4-5-11-29-27(32)20-31/h7-10,15-16H,4-6,11-14,17-20H2,1-3H3,(H,29,32)(H,33,34). The van der Waals surface area contributed by atoms with E-state index in [9.17, 15) is 14.7 Å². The number of rotatable bonds is 9. The van der Waals surface area contributed by atoms with Crippen molar-refractivity contribution in [3.05, 3.63) is 53.1 Å². The summed E-state index contributed by atoms with van der Waals surface area (Å²) in [7, 11) is 5.60. The van der Waals surface area contributed by atoms with Crippen LogP contribution in [0.3, 0.4) is 0 Å². The van der Waals surface area contributed by atoms with Crippen LogP contribution in [0.5, 0.6) is 17.2 Å². The Hall–Kier alpha value is -3.30. The number of nitrogens with one attached hydrogen (secondary N) is 1. The number of fused-ring (bicyclic) bond motifs is 1. The van der Waals surface area contributed by atoms with Crippen molar-refractivity contribution in [3.8, 4) is 17.2 Å². The zero-order valence-electron chi connectivity index (χ0n) is 22.1. The Morgan fingerprint density at radius 2 is 1.89 bits per heavy atom. The average Bonchev–Trinajstić information content (AvgIpc) is 2.85. The molecule has 0 saturated heterocycles. The molecule has 0 fully saturated rings. The smallest absolute Gasteiger partial charge is 0.307 e. The normalized spacial score (nSPS) is 15.4. The number of methoxy groups -OCH3 is 1. The van der Waals surface area contributed by atoms with Crippen molar-refractivity contribution in [1.29, 1.82) is 0 Å². The van der Waals surface area contributed by atoms with Crippen molar-refractivity contribution in [3.63, 3.8) is 0 Å². The van der Waals surface area contributed by atoms with Gasteiger partial charge in [-0.25, -0.2) is 0 Å². The minimum Gasteiger partial charge on any atom is -0.493 e. The molecule has 0 radical (unpaired) electrons. The van der Waals surface area contributed by atoms with Crippen LogP contribution in [-0.2, 0) is 29.1 Å². The number of carbonyl (C=O) groups is 2. The predicted molar refractivity (Wildman–Crippen MR) is 141 cm³/mol. The van der Waals surface area contributed by atoms with Crippen LogP contribution in [0.15, 0.2) is 36.4 Å². The molecule has 1 heterocycles. The lowest BCUT2D eigenvalue weighted by molar-refractivity contribution is -0.136. The lowest BCUT2D eigenvalue weighted by atomic mass is 10.1. The van der Waals surface area contributed by atoms with Gasteiger partial charge in [0, 0.05) is 31.7 Å². The maximum absolute atomic E-state index is 12.8. The van der Waals surface area contributed by atoms with E-state index in [1.807, 2.05) is 54.2 Å². The van der Waals surface area contributed by atoms with Crippen LogP contribution in [0.2, 0.25) is 0 Å². The number of ether oxygens (including phenoxy) is 3. The largest absolute Gasteiger partial charge is 0.493 e. The molecule has 2 aromatic carbocycles. The molecule has 3 rings (SSSR count). The third kappa shape index (κ3) is 9.59. The SMILES string of the molecule is COc1cc(CN2CC(=O)NCCCCCOc3ccc(CC(=O)O)cc3C2)ccc1OCCN(C)C. The number of carboxylic acid groups (broad SMARTS) is 1. The lowest BCUT2D eigenvalue weighted by Crippen LogP contribution is -2.37. The van der Waals surface area contributed by atoms with Gasteiger partial charge in [-0.2, -0.15) is 0 Å². The van der Waals surface area contributed by atoms with Crippen molar-refractivity contribution < 1.29 is 28.9 Å². The minimum atomic E-state index is -0.887. The lowest BCUT2D eigenvalue weighted by Gasteiger charge is -2.24. The maximum atomic E-state index is 12.8. The first-order valence-corrected chi connectivity index (χ1v) is 12.7. The molecule has 1 aliphatic heterocycles. The molecule has 9 heteroatoms. The molecule has 0 spiro atoms. The second-order valence-electron chi connectivity index (χ2n) is 9.55. The molecule has 1 amide bonds. The number of carbonyl (C=O) groups excluding carboxylic acids is 1. The molecule has 1 aliphatic rings. The average molecular weight is 514 g/mol. The van der Waals surface area contributed by atoms with Gasteiger partial charge in [0.1, 0.15) is 12.4 Å². The van der Waals surface area contributed by atoms with Crippen LogP contribution in [0.25, 0.3) is 0 Å². The number of carboxylic acids is 1. The molecule has 202 valence electrons. The third-order valence-corrected chi connectivity index (χ3v) is 6.07. The van der Waals surface area contributed by atoms with E-state index in [1.165, 1.54) is 0 Å². The summed E-state index contributed by atoms with van der Waals surface area (Å²) in [6, 6.07) is 11.3. The molecule has 0 unspecified atom stereocenters. The van der Waals surface area contributed by atoms with Crippen molar-refractivity contribution in [2.24, 2.45) is 0 Å². The van der Waals surface area contributed by atoms with Crippen molar-refractivity contribution in [2.45, 2.75) is 38.8 Å². The Bertz CT molecular complexity index is 1040. The fourth-order valence-electron chi connectivity index (χ4n) is 4.19. The number of likely N-dealkylation sites (N-methyl/N-ethyl adjacent to an activating group) is 1. The van der Waals surface area contributed by atoms with E-state index < -0.39 is 5.97 Å². The molecule has 0 saturated carbocycles. The number of amides is 1. The van der Waals surface area contributed by atoms with E-state index >= 15 is 0 Å². The van der Waals surface area contributed by atoms with Crippen LogP contribution in [-0.4, -0.2) is 80.8 Å². The summed E-state index contributed by atoms with van der Waals surface area (Å²) in [5, 5.41) is 12.3. The first-order chi connectivity index (χ1) is 17.8. The Balaban J connectivity index is 1.84. The summed E-state index contributed by atoms with van der Waals surface area (Å²) in [5.41, 5.74) is 2.53. The van der Waals surface area contributed by atoms with Crippen molar-refractivity contribution >= 4 is 11.9 Å². The van der Waals surface area contributed by atoms with E-state index in [0.29, 0.717) is 49.9 Å². The molecule has 2 aromatic rings. The quantitative estimate of drug-likeness (QED) is 0.528. The number of hydrogen-bond donors (Lipinski definition) is 2. The Labute approximate surface area is 219 Å². The van der Waals surface area contributed by atoms with Gasteiger partial charge >= 0.3 is 5.97 Å². The monoisotopic (exact) mass is 513 g/mol. The summed E-state index contributed by atoms with van der Waals surface area (Å²) in [6.45, 7) is 3.67. The van der Waals surface area contributed by atoms with E-state index in [-0.39, 0.29) is 18.9 Å². The van der Waals surface area contributed by atoms with Crippen LogP contribution in [0.4, 0.5) is 0 Å². The molecule has 0 aliphatic carbocycles. The topological polar surface area (TPSA) is 101 Å². The van der Waals surface area contributed by atoms with Gasteiger partial charge in [-0.3, -0.25) is 14.5 Å². The van der Waals surface area contributed by atoms with Crippen LogP contribution in [0, 0.1) is 0 Å². The summed E-state index contributed by atoms with van der Waals surface area (Å²) >= 11 is 0.